The van der Waals surface area contributed by atoms with Gasteiger partial charge in [-0.15, -0.1) is 0 Å². The highest BCUT2D eigenvalue weighted by molar-refractivity contribution is 4.75. The molecule has 0 unspecified atom stereocenters. The van der Waals surface area contributed by atoms with E-state index in [0.29, 0.717) is 6.42 Å². The Morgan fingerprint density at radius 2 is 0.774 bits per heavy atom. The summed E-state index contributed by atoms with van der Waals surface area (Å²) < 4.78 is 4.83. The van der Waals surface area contributed by atoms with Crippen molar-refractivity contribution in [3.8, 4) is 0 Å². The molecule has 0 spiro atoms. The Balaban J connectivity index is 0. The van der Waals surface area contributed by atoms with Gasteiger partial charge in [0, 0.05) is 13.2 Å². The highest BCUT2D eigenvalue weighted by Gasteiger charge is 2.23. The van der Waals surface area contributed by atoms with Gasteiger partial charge in [-0.2, -0.15) is 0 Å². The monoisotopic (exact) mass is 446 g/mol. The van der Waals surface area contributed by atoms with Crippen molar-refractivity contribution < 1.29 is 20.1 Å². The largest absolute Gasteiger partial charge is 0.393 e. The minimum absolute atomic E-state index is 0.345. The van der Waals surface area contributed by atoms with Crippen LogP contribution < -0.4 is 0 Å². The van der Waals surface area contributed by atoms with Crippen LogP contribution in [0.25, 0.3) is 0 Å². The molecule has 0 saturated heterocycles. The Morgan fingerprint density at radius 3 is 1.00 bits per heavy atom. The highest BCUT2D eigenvalue weighted by atomic mass is 16.5. The standard InChI is InChI=1S/C23H48O3.C4H10O/c1-2-3-4-5-6-7-8-9-10-11-12-13-14-15-16-17-18-19-20-23(26,21-24)22-25;1-3-5-4-2/h24-26H,2-22H2,1H3;3-4H2,1-2H3. The van der Waals surface area contributed by atoms with Crippen molar-refractivity contribution in [3.63, 3.8) is 0 Å². The first kappa shape index (κ1) is 33.0. The van der Waals surface area contributed by atoms with Crippen LogP contribution in [0.15, 0.2) is 0 Å². The molecule has 0 aliphatic carbocycles. The summed E-state index contributed by atoms with van der Waals surface area (Å²) in [6.07, 6.45) is 24.6. The average Bonchev–Trinajstić information content (AvgIpc) is 2.79. The van der Waals surface area contributed by atoms with Crippen molar-refractivity contribution in [3.05, 3.63) is 0 Å². The second-order valence-electron chi connectivity index (χ2n) is 9.08. The molecule has 0 atom stereocenters. The predicted octanol–water partition coefficient (Wildman–Crippen LogP) is 7.18. The van der Waals surface area contributed by atoms with Crippen LogP contribution >= 0.6 is 0 Å². The van der Waals surface area contributed by atoms with E-state index in [-0.39, 0.29) is 13.2 Å². The van der Waals surface area contributed by atoms with Crippen LogP contribution in [0.5, 0.6) is 0 Å². The maximum atomic E-state index is 9.76. The number of aliphatic hydroxyl groups excluding tert-OH is 2. The quantitative estimate of drug-likeness (QED) is 0.145. The fraction of sp³-hybridized carbons (Fsp3) is 1.00. The molecule has 0 aromatic rings. The lowest BCUT2D eigenvalue weighted by atomic mass is 9.97. The molecule has 0 fully saturated rings. The molecule has 0 bridgehead atoms. The number of aliphatic hydroxyl groups is 3. The predicted molar refractivity (Wildman–Crippen MR) is 135 cm³/mol. The van der Waals surface area contributed by atoms with Crippen LogP contribution in [0.4, 0.5) is 0 Å². The van der Waals surface area contributed by atoms with E-state index in [2.05, 4.69) is 6.92 Å². The molecule has 0 aromatic heterocycles. The molecule has 4 nitrogen and oxygen atoms in total. The number of unbranched alkanes of at least 4 members (excludes halogenated alkanes) is 17. The van der Waals surface area contributed by atoms with Gasteiger partial charge in [0.15, 0.2) is 0 Å². The molecule has 0 rings (SSSR count). The maximum Gasteiger partial charge on any atom is 0.111 e. The molecule has 3 N–H and O–H groups in total. The summed E-state index contributed by atoms with van der Waals surface area (Å²) >= 11 is 0. The Hall–Kier alpha value is -0.160. The van der Waals surface area contributed by atoms with Gasteiger partial charge in [0.2, 0.25) is 0 Å². The molecule has 0 aromatic carbocycles. The molecule has 31 heavy (non-hydrogen) atoms. The van der Waals surface area contributed by atoms with Crippen LogP contribution in [-0.2, 0) is 4.74 Å². The molecule has 0 heterocycles. The number of hydrogen-bond acceptors (Lipinski definition) is 4. The van der Waals surface area contributed by atoms with E-state index in [1.54, 1.807) is 0 Å². The van der Waals surface area contributed by atoms with Crippen LogP contribution in [-0.4, -0.2) is 47.3 Å². The summed E-state index contributed by atoms with van der Waals surface area (Å²) in [5.74, 6) is 0. The van der Waals surface area contributed by atoms with Crippen LogP contribution in [0.1, 0.15) is 143 Å². The number of rotatable bonds is 23. The molecular formula is C27H58O4. The third-order valence-corrected chi connectivity index (χ3v) is 5.99. The molecule has 0 aliphatic rings. The van der Waals surface area contributed by atoms with E-state index in [9.17, 15) is 5.11 Å². The summed E-state index contributed by atoms with van der Waals surface area (Å²) in [5, 5.41) is 27.8. The Bertz CT molecular complexity index is 304. The zero-order valence-electron chi connectivity index (χ0n) is 21.5. The van der Waals surface area contributed by atoms with Crippen LogP contribution in [0.2, 0.25) is 0 Å². The van der Waals surface area contributed by atoms with E-state index >= 15 is 0 Å². The molecular weight excluding hydrogens is 388 g/mol. The van der Waals surface area contributed by atoms with E-state index in [1.807, 2.05) is 13.8 Å². The van der Waals surface area contributed by atoms with E-state index in [1.165, 1.54) is 103 Å². The van der Waals surface area contributed by atoms with Gasteiger partial charge in [0.1, 0.15) is 5.60 Å². The van der Waals surface area contributed by atoms with Gasteiger partial charge in [-0.3, -0.25) is 0 Å². The third kappa shape index (κ3) is 27.8. The van der Waals surface area contributed by atoms with Crippen molar-refractivity contribution in [1.82, 2.24) is 0 Å². The first-order chi connectivity index (χ1) is 15.1. The molecule has 190 valence electrons. The van der Waals surface area contributed by atoms with Gasteiger partial charge < -0.3 is 20.1 Å². The van der Waals surface area contributed by atoms with Crippen molar-refractivity contribution in [2.45, 2.75) is 148 Å². The fourth-order valence-corrected chi connectivity index (χ4v) is 3.77. The van der Waals surface area contributed by atoms with E-state index in [0.717, 1.165) is 26.1 Å². The van der Waals surface area contributed by atoms with Crippen LogP contribution in [0.3, 0.4) is 0 Å². The third-order valence-electron chi connectivity index (χ3n) is 5.99. The normalized spacial score (nSPS) is 11.4. The fourth-order valence-electron chi connectivity index (χ4n) is 3.77. The summed E-state index contributed by atoms with van der Waals surface area (Å²) in [6, 6.07) is 0. The van der Waals surface area contributed by atoms with Gasteiger partial charge in [0.25, 0.3) is 0 Å². The Kier molecular flexibility index (Phi) is 29.7. The van der Waals surface area contributed by atoms with Crippen molar-refractivity contribution in [1.29, 1.82) is 0 Å². The van der Waals surface area contributed by atoms with Gasteiger partial charge in [-0.1, -0.05) is 122 Å². The second-order valence-corrected chi connectivity index (χ2v) is 9.08. The molecule has 0 saturated carbocycles. The van der Waals surface area contributed by atoms with E-state index < -0.39 is 5.60 Å². The Morgan fingerprint density at radius 1 is 0.484 bits per heavy atom. The number of hydrogen-bond donors (Lipinski definition) is 3. The minimum Gasteiger partial charge on any atom is -0.393 e. The lowest BCUT2D eigenvalue weighted by Gasteiger charge is -2.22. The van der Waals surface area contributed by atoms with Crippen LogP contribution in [0, 0.1) is 0 Å². The lowest BCUT2D eigenvalue weighted by Crippen LogP contribution is -2.37. The minimum atomic E-state index is -1.27. The summed E-state index contributed by atoms with van der Waals surface area (Å²) in [5.41, 5.74) is -1.27. The molecule has 0 amide bonds. The smallest absolute Gasteiger partial charge is 0.111 e. The SMILES string of the molecule is CCCCCCCCCCCCCCCCCCCCC(O)(CO)CO.CCOCC. The zero-order chi connectivity index (χ0) is 23.5. The van der Waals surface area contributed by atoms with Crippen molar-refractivity contribution in [2.24, 2.45) is 0 Å². The first-order valence-corrected chi connectivity index (χ1v) is 13.6. The van der Waals surface area contributed by atoms with Gasteiger partial charge in [-0.05, 0) is 20.3 Å². The lowest BCUT2D eigenvalue weighted by molar-refractivity contribution is -0.0616. The molecule has 0 radical (unpaired) electrons. The number of ether oxygens (including phenoxy) is 1. The van der Waals surface area contributed by atoms with Crippen molar-refractivity contribution >= 4 is 0 Å². The van der Waals surface area contributed by atoms with Crippen molar-refractivity contribution in [2.75, 3.05) is 26.4 Å². The first-order valence-electron chi connectivity index (χ1n) is 13.6. The Labute approximate surface area is 195 Å². The summed E-state index contributed by atoms with van der Waals surface area (Å²) in [4.78, 5) is 0. The highest BCUT2D eigenvalue weighted by Crippen LogP contribution is 2.17. The molecule has 4 heteroatoms. The average molecular weight is 447 g/mol. The molecule has 0 aliphatic heterocycles. The van der Waals surface area contributed by atoms with E-state index in [4.69, 9.17) is 14.9 Å². The van der Waals surface area contributed by atoms with Gasteiger partial charge >= 0.3 is 0 Å². The van der Waals surface area contributed by atoms with Gasteiger partial charge in [0.05, 0.1) is 13.2 Å². The summed E-state index contributed by atoms with van der Waals surface area (Å²) in [6.45, 7) is 7.26. The maximum absolute atomic E-state index is 9.76. The summed E-state index contributed by atoms with van der Waals surface area (Å²) in [7, 11) is 0. The zero-order valence-corrected chi connectivity index (χ0v) is 21.5. The second kappa shape index (κ2) is 27.9. The van der Waals surface area contributed by atoms with Gasteiger partial charge in [-0.25, -0.2) is 0 Å². The topological polar surface area (TPSA) is 69.9 Å².